The number of amides is 4. The van der Waals surface area contributed by atoms with E-state index in [1.807, 2.05) is 11.6 Å². The van der Waals surface area contributed by atoms with Crippen molar-refractivity contribution in [3.63, 3.8) is 0 Å². The zero-order chi connectivity index (χ0) is 26.3. The van der Waals surface area contributed by atoms with E-state index >= 15 is 0 Å². The lowest BCUT2D eigenvalue weighted by Gasteiger charge is -2.41. The van der Waals surface area contributed by atoms with Crippen LogP contribution in [0.4, 0.5) is 4.79 Å². The minimum atomic E-state index is -4.09. The van der Waals surface area contributed by atoms with Gasteiger partial charge in [0, 0.05) is 19.7 Å². The number of nitrogens with one attached hydrogen (secondary N) is 4. The maximum absolute atomic E-state index is 12.9. The monoisotopic (exact) mass is 523 g/mol. The lowest BCUT2D eigenvalue weighted by Crippen LogP contribution is -2.61. The number of nitrogens with zero attached hydrogens (tertiary/aromatic N) is 2. The Labute approximate surface area is 210 Å². The minimum Gasteiger partial charge on any atom is -0.370 e. The Morgan fingerprint density at radius 3 is 2.50 bits per heavy atom. The molecule has 1 aromatic rings. The lowest BCUT2D eigenvalue weighted by atomic mass is 10.0. The zero-order valence-corrected chi connectivity index (χ0v) is 20.9. The highest BCUT2D eigenvalue weighted by Gasteiger charge is 2.36. The molecule has 0 aromatic heterocycles. The molecule has 2 heterocycles. The summed E-state index contributed by atoms with van der Waals surface area (Å²) in [5, 5.41) is 13.0. The van der Waals surface area contributed by atoms with E-state index in [-0.39, 0.29) is 17.4 Å². The number of hydrogen-bond donors (Lipinski definition) is 5. The number of hydrogen-bond acceptors (Lipinski definition) is 7. The number of ether oxygens (including phenoxy) is 1. The molecule has 0 radical (unpaired) electrons. The summed E-state index contributed by atoms with van der Waals surface area (Å²) in [6.45, 7) is 2.84. The molecule has 36 heavy (non-hydrogen) atoms. The first-order chi connectivity index (χ1) is 17.1. The summed E-state index contributed by atoms with van der Waals surface area (Å²) in [4.78, 5) is 40.9. The van der Waals surface area contributed by atoms with Crippen LogP contribution in [0.5, 0.6) is 0 Å². The van der Waals surface area contributed by atoms with Crippen molar-refractivity contribution in [3.8, 4) is 0 Å². The van der Waals surface area contributed by atoms with Crippen LogP contribution < -0.4 is 21.1 Å². The summed E-state index contributed by atoms with van der Waals surface area (Å²) < 4.78 is 32.3. The van der Waals surface area contributed by atoms with E-state index in [1.165, 1.54) is 29.2 Å². The number of carbonyl (C=O) groups excluding carboxylic acids is 3. The Kier molecular flexibility index (Phi) is 9.09. The van der Waals surface area contributed by atoms with E-state index in [4.69, 9.17) is 15.9 Å². The molecule has 2 aliphatic rings. The maximum atomic E-state index is 12.9. The zero-order valence-electron chi connectivity index (χ0n) is 20.1. The fraction of sp³-hybridized carbons (Fsp3) is 0.545. The quantitative estimate of drug-likeness (QED) is 0.223. The molecule has 1 aromatic carbocycles. The van der Waals surface area contributed by atoms with Crippen molar-refractivity contribution in [1.82, 2.24) is 25.2 Å². The number of sulfonamides is 1. The van der Waals surface area contributed by atoms with Gasteiger partial charge in [0.1, 0.15) is 6.04 Å². The first-order valence-electron chi connectivity index (χ1n) is 11.8. The van der Waals surface area contributed by atoms with Crippen LogP contribution in [-0.4, -0.2) is 86.6 Å². The summed E-state index contributed by atoms with van der Waals surface area (Å²) in [5.41, 5.74) is 5.66. The number of urea groups is 1. The van der Waals surface area contributed by atoms with E-state index in [0.717, 1.165) is 0 Å². The second kappa shape index (κ2) is 12.0. The average Bonchev–Trinajstić information content (AvgIpc) is 2.83. The van der Waals surface area contributed by atoms with Gasteiger partial charge >= 0.3 is 6.03 Å². The van der Waals surface area contributed by atoms with Crippen molar-refractivity contribution in [2.45, 2.75) is 55.8 Å². The van der Waals surface area contributed by atoms with Gasteiger partial charge in [-0.2, -0.15) is 0 Å². The molecule has 0 bridgehead atoms. The highest BCUT2D eigenvalue weighted by molar-refractivity contribution is 7.90. The van der Waals surface area contributed by atoms with Gasteiger partial charge in [0.2, 0.25) is 11.8 Å². The van der Waals surface area contributed by atoms with Crippen LogP contribution in [0, 0.1) is 5.41 Å². The number of rotatable bonds is 8. The fourth-order valence-electron chi connectivity index (χ4n) is 4.37. The Balaban J connectivity index is 1.56. The van der Waals surface area contributed by atoms with Gasteiger partial charge in [-0.05, 0) is 44.7 Å². The molecule has 3 rings (SSSR count). The van der Waals surface area contributed by atoms with Crippen molar-refractivity contribution in [2.24, 2.45) is 5.73 Å². The summed E-state index contributed by atoms with van der Waals surface area (Å²) in [6.07, 6.45) is 1.61. The van der Waals surface area contributed by atoms with Crippen LogP contribution in [0.3, 0.4) is 0 Å². The topological polar surface area (TPSA) is 187 Å². The van der Waals surface area contributed by atoms with Gasteiger partial charge in [0.15, 0.2) is 12.2 Å². The van der Waals surface area contributed by atoms with Crippen LogP contribution in [0.25, 0.3) is 0 Å². The minimum absolute atomic E-state index is 0.0789. The van der Waals surface area contributed by atoms with Crippen molar-refractivity contribution >= 4 is 33.8 Å². The smallest absolute Gasteiger partial charge is 0.329 e. The van der Waals surface area contributed by atoms with Gasteiger partial charge in [0.25, 0.3) is 10.0 Å². The van der Waals surface area contributed by atoms with Gasteiger partial charge < -0.3 is 30.9 Å². The maximum Gasteiger partial charge on any atom is 0.329 e. The number of piperidine rings is 2. The standard InChI is InChI=1S/C22H33N7O6S/c1-2-35-20-17(11-7-13-29(20)21(23)24)25-18(30)14-28-12-6-10-16(19(28)31)26-22(32)27-36(33,34)15-8-4-3-5-9-15/h3-5,8-9,16-17,20H,2,6-7,10-14H2,1H3,(H3,23,24)(H,25,30)(H2,26,27,32)/t16-,17-,20?/m0/s1. The molecule has 2 fully saturated rings. The Bertz CT molecular complexity index is 1070. The first-order valence-corrected chi connectivity index (χ1v) is 13.3. The van der Waals surface area contributed by atoms with E-state index in [0.29, 0.717) is 45.4 Å². The van der Waals surface area contributed by atoms with Crippen LogP contribution >= 0.6 is 0 Å². The SMILES string of the molecule is CCOC1[C@@H](NC(=O)CN2CCC[C@H](NC(=O)NS(=O)(=O)c3ccccc3)C2=O)CCCN1C(=N)N. The predicted octanol–water partition coefficient (Wildman–Crippen LogP) is -0.498. The van der Waals surface area contributed by atoms with Crippen LogP contribution in [-0.2, 0) is 24.3 Å². The molecule has 0 spiro atoms. The molecule has 2 aliphatic heterocycles. The molecular formula is C22H33N7O6S. The Morgan fingerprint density at radius 1 is 1.14 bits per heavy atom. The van der Waals surface area contributed by atoms with Crippen LogP contribution in [0.1, 0.15) is 32.6 Å². The first kappa shape index (κ1) is 27.2. The molecule has 198 valence electrons. The molecule has 0 aliphatic carbocycles. The lowest BCUT2D eigenvalue weighted by molar-refractivity contribution is -0.140. The Hall–Kier alpha value is -3.39. The normalized spacial score (nSPS) is 22.6. The van der Waals surface area contributed by atoms with Gasteiger partial charge in [-0.25, -0.2) is 17.9 Å². The number of guanidine groups is 1. The summed E-state index contributed by atoms with van der Waals surface area (Å²) in [7, 11) is -4.09. The molecule has 0 saturated carbocycles. The van der Waals surface area contributed by atoms with E-state index in [9.17, 15) is 22.8 Å². The number of nitrogens with two attached hydrogens (primary N) is 1. The predicted molar refractivity (Wildman–Crippen MR) is 130 cm³/mol. The van der Waals surface area contributed by atoms with E-state index in [2.05, 4.69) is 10.6 Å². The van der Waals surface area contributed by atoms with Crippen LogP contribution in [0.15, 0.2) is 35.2 Å². The third kappa shape index (κ3) is 6.85. The molecular weight excluding hydrogens is 490 g/mol. The van der Waals surface area contributed by atoms with Gasteiger partial charge in [-0.3, -0.25) is 15.0 Å². The van der Waals surface area contributed by atoms with Gasteiger partial charge in [-0.1, -0.05) is 18.2 Å². The van der Waals surface area contributed by atoms with E-state index in [1.54, 1.807) is 11.0 Å². The van der Waals surface area contributed by atoms with Gasteiger partial charge in [0.05, 0.1) is 17.5 Å². The summed E-state index contributed by atoms with van der Waals surface area (Å²) in [5.74, 6) is -1.01. The van der Waals surface area contributed by atoms with Crippen molar-refractivity contribution in [3.05, 3.63) is 30.3 Å². The second-order valence-electron chi connectivity index (χ2n) is 8.59. The summed E-state index contributed by atoms with van der Waals surface area (Å²) in [6, 6.07) is 5.02. The third-order valence-corrected chi connectivity index (χ3v) is 7.36. The molecule has 6 N–H and O–H groups in total. The van der Waals surface area contributed by atoms with E-state index < -0.39 is 46.2 Å². The van der Waals surface area contributed by atoms with Crippen molar-refractivity contribution in [1.29, 1.82) is 5.41 Å². The molecule has 4 amide bonds. The molecule has 3 atom stereocenters. The van der Waals surface area contributed by atoms with Crippen LogP contribution in [0.2, 0.25) is 0 Å². The molecule has 2 saturated heterocycles. The second-order valence-corrected chi connectivity index (χ2v) is 10.3. The molecule has 14 heteroatoms. The Morgan fingerprint density at radius 2 is 1.83 bits per heavy atom. The number of benzene rings is 1. The number of likely N-dealkylation sites (tertiary alicyclic amines) is 2. The summed E-state index contributed by atoms with van der Waals surface area (Å²) >= 11 is 0. The third-order valence-electron chi connectivity index (χ3n) is 6.01. The number of carbonyl (C=O) groups is 3. The molecule has 13 nitrogen and oxygen atoms in total. The largest absolute Gasteiger partial charge is 0.370 e. The van der Waals surface area contributed by atoms with Crippen molar-refractivity contribution in [2.75, 3.05) is 26.2 Å². The van der Waals surface area contributed by atoms with Crippen molar-refractivity contribution < 1.29 is 27.5 Å². The highest BCUT2D eigenvalue weighted by Crippen LogP contribution is 2.19. The average molecular weight is 524 g/mol. The molecule has 1 unspecified atom stereocenters. The highest BCUT2D eigenvalue weighted by atomic mass is 32.2. The fourth-order valence-corrected chi connectivity index (χ4v) is 5.31. The van der Waals surface area contributed by atoms with Gasteiger partial charge in [-0.15, -0.1) is 0 Å².